The number of nitrogens with one attached hydrogen (secondary N) is 1. The topological polar surface area (TPSA) is 85.8 Å². The molecule has 0 bridgehead atoms. The third-order valence-corrected chi connectivity index (χ3v) is 6.36. The number of carbonyl (C=O) groups excluding carboxylic acids is 1. The summed E-state index contributed by atoms with van der Waals surface area (Å²) in [5.74, 6) is -0.372. The van der Waals surface area contributed by atoms with Crippen molar-refractivity contribution in [2.75, 3.05) is 36.4 Å². The highest BCUT2D eigenvalue weighted by Crippen LogP contribution is 2.28. The molecule has 1 saturated carbocycles. The molecule has 7 heteroatoms. The zero-order valence-corrected chi connectivity index (χ0v) is 17.6. The second-order valence-corrected chi connectivity index (χ2v) is 8.28. The van der Waals surface area contributed by atoms with Crippen LogP contribution in [0.4, 0.5) is 11.5 Å². The number of aromatic carboxylic acids is 1. The number of nitrogens with zero attached hydrogens (tertiary/aromatic N) is 3. The number of pyridine rings is 1. The minimum atomic E-state index is -0.983. The van der Waals surface area contributed by atoms with Crippen molar-refractivity contribution in [1.29, 1.82) is 0 Å². The highest BCUT2D eigenvalue weighted by Gasteiger charge is 2.26. The molecule has 2 heterocycles. The molecule has 1 aromatic heterocycles. The van der Waals surface area contributed by atoms with E-state index in [2.05, 4.69) is 15.1 Å². The fourth-order valence-corrected chi connectivity index (χ4v) is 4.64. The maximum Gasteiger partial charge on any atom is 0.336 e. The van der Waals surface area contributed by atoms with Crippen molar-refractivity contribution in [2.45, 2.75) is 51.5 Å². The molecule has 2 fully saturated rings. The molecule has 7 nitrogen and oxygen atoms in total. The van der Waals surface area contributed by atoms with Gasteiger partial charge in [-0.05, 0) is 37.1 Å². The Labute approximate surface area is 177 Å². The number of fused-ring (bicyclic) bond motifs is 1. The normalized spacial score (nSPS) is 18.5. The molecule has 0 unspecified atom stereocenters. The molecule has 1 saturated heterocycles. The van der Waals surface area contributed by atoms with Gasteiger partial charge in [0.15, 0.2) is 0 Å². The molecule has 0 radical (unpaired) electrons. The Morgan fingerprint density at radius 2 is 1.83 bits per heavy atom. The standard InChI is InChI=1S/C23H30N4O3/c1-2-22(28)24-16-8-9-20-18(14-16)19(23(29)30)15-21(25-20)27-12-10-26(11-13-27)17-6-4-3-5-7-17/h8-9,14-15,17H,2-7,10-13H2,1H3,(H,24,28)(H,29,30). The van der Waals surface area contributed by atoms with Crippen molar-refractivity contribution >= 4 is 34.3 Å². The van der Waals surface area contributed by atoms with Gasteiger partial charge in [-0.15, -0.1) is 0 Å². The van der Waals surface area contributed by atoms with Crippen molar-refractivity contribution in [1.82, 2.24) is 9.88 Å². The van der Waals surface area contributed by atoms with Gasteiger partial charge in [0.25, 0.3) is 0 Å². The average molecular weight is 411 g/mol. The van der Waals surface area contributed by atoms with Crippen molar-refractivity contribution < 1.29 is 14.7 Å². The highest BCUT2D eigenvalue weighted by atomic mass is 16.4. The molecule has 1 aliphatic carbocycles. The molecule has 2 aromatic rings. The van der Waals surface area contributed by atoms with Crippen molar-refractivity contribution in [3.05, 3.63) is 29.8 Å². The Balaban J connectivity index is 1.55. The summed E-state index contributed by atoms with van der Waals surface area (Å²) in [6, 6.07) is 7.64. The van der Waals surface area contributed by atoms with Crippen LogP contribution in [0.2, 0.25) is 0 Å². The van der Waals surface area contributed by atoms with Crippen LogP contribution in [-0.2, 0) is 4.79 Å². The number of amides is 1. The fourth-order valence-electron chi connectivity index (χ4n) is 4.64. The van der Waals surface area contributed by atoms with E-state index in [0.717, 1.165) is 26.2 Å². The number of aromatic nitrogens is 1. The zero-order chi connectivity index (χ0) is 21.1. The quantitative estimate of drug-likeness (QED) is 0.781. The first-order valence-corrected chi connectivity index (χ1v) is 11.0. The summed E-state index contributed by atoms with van der Waals surface area (Å²) in [4.78, 5) is 33.2. The number of hydrogen-bond donors (Lipinski definition) is 2. The fraction of sp³-hybridized carbons (Fsp3) is 0.522. The van der Waals surface area contributed by atoms with Crippen LogP contribution in [0.15, 0.2) is 24.3 Å². The number of carboxylic acid groups (broad SMARTS) is 1. The number of carbonyl (C=O) groups is 2. The van der Waals surface area contributed by atoms with Gasteiger partial charge < -0.3 is 15.3 Å². The minimum absolute atomic E-state index is 0.105. The lowest BCUT2D eigenvalue weighted by atomic mass is 9.94. The van der Waals surface area contributed by atoms with E-state index < -0.39 is 5.97 Å². The summed E-state index contributed by atoms with van der Waals surface area (Å²) >= 11 is 0. The molecule has 160 valence electrons. The Morgan fingerprint density at radius 3 is 2.50 bits per heavy atom. The van der Waals surface area contributed by atoms with E-state index in [1.165, 1.54) is 32.1 Å². The number of rotatable bonds is 5. The van der Waals surface area contributed by atoms with E-state index in [9.17, 15) is 14.7 Å². The van der Waals surface area contributed by atoms with E-state index in [1.807, 2.05) is 0 Å². The Kier molecular flexibility index (Phi) is 6.18. The van der Waals surface area contributed by atoms with Crippen LogP contribution in [0.25, 0.3) is 10.9 Å². The molecule has 1 aromatic carbocycles. The maximum absolute atomic E-state index is 12.0. The lowest BCUT2D eigenvalue weighted by molar-refractivity contribution is -0.115. The predicted molar refractivity (Wildman–Crippen MR) is 118 cm³/mol. The second-order valence-electron chi connectivity index (χ2n) is 8.28. The average Bonchev–Trinajstić information content (AvgIpc) is 2.79. The van der Waals surface area contributed by atoms with Crippen LogP contribution in [0.5, 0.6) is 0 Å². The van der Waals surface area contributed by atoms with Gasteiger partial charge in [0.05, 0.1) is 11.1 Å². The maximum atomic E-state index is 12.0. The second kappa shape index (κ2) is 9.00. The molecule has 2 aliphatic rings. The van der Waals surface area contributed by atoms with Gasteiger partial charge in [-0.2, -0.15) is 0 Å². The van der Waals surface area contributed by atoms with Crippen LogP contribution >= 0.6 is 0 Å². The van der Waals surface area contributed by atoms with Crippen LogP contribution in [0.1, 0.15) is 55.8 Å². The van der Waals surface area contributed by atoms with Gasteiger partial charge in [-0.1, -0.05) is 26.2 Å². The molecule has 1 amide bonds. The Bertz CT molecular complexity index is 931. The molecular formula is C23H30N4O3. The summed E-state index contributed by atoms with van der Waals surface area (Å²) in [6.45, 7) is 5.49. The van der Waals surface area contributed by atoms with Gasteiger partial charge in [-0.3, -0.25) is 9.69 Å². The molecule has 0 atom stereocenters. The molecule has 0 spiro atoms. The summed E-state index contributed by atoms with van der Waals surface area (Å²) in [6.07, 6.45) is 7.00. The lowest BCUT2D eigenvalue weighted by Crippen LogP contribution is -2.51. The smallest absolute Gasteiger partial charge is 0.336 e. The summed E-state index contributed by atoms with van der Waals surface area (Å²) < 4.78 is 0. The first-order valence-electron chi connectivity index (χ1n) is 11.0. The van der Waals surface area contributed by atoms with E-state index in [0.29, 0.717) is 34.9 Å². The Morgan fingerprint density at radius 1 is 1.10 bits per heavy atom. The molecule has 4 rings (SSSR count). The number of carboxylic acids is 1. The predicted octanol–water partition coefficient (Wildman–Crippen LogP) is 3.74. The third kappa shape index (κ3) is 4.41. The minimum Gasteiger partial charge on any atom is -0.478 e. The zero-order valence-electron chi connectivity index (χ0n) is 17.6. The van der Waals surface area contributed by atoms with Crippen LogP contribution in [0, 0.1) is 0 Å². The van der Waals surface area contributed by atoms with Crippen molar-refractivity contribution in [3.8, 4) is 0 Å². The van der Waals surface area contributed by atoms with E-state index in [1.54, 1.807) is 31.2 Å². The number of piperazine rings is 1. The van der Waals surface area contributed by atoms with Gasteiger partial charge >= 0.3 is 5.97 Å². The lowest BCUT2D eigenvalue weighted by Gasteiger charge is -2.41. The molecular weight excluding hydrogens is 380 g/mol. The van der Waals surface area contributed by atoms with Crippen LogP contribution < -0.4 is 10.2 Å². The van der Waals surface area contributed by atoms with Crippen molar-refractivity contribution in [3.63, 3.8) is 0 Å². The largest absolute Gasteiger partial charge is 0.478 e. The van der Waals surface area contributed by atoms with E-state index in [4.69, 9.17) is 4.98 Å². The summed E-state index contributed by atoms with van der Waals surface area (Å²) in [7, 11) is 0. The van der Waals surface area contributed by atoms with Crippen LogP contribution in [-0.4, -0.2) is 59.1 Å². The van der Waals surface area contributed by atoms with Gasteiger partial charge in [0, 0.05) is 49.7 Å². The number of hydrogen-bond acceptors (Lipinski definition) is 5. The van der Waals surface area contributed by atoms with Crippen molar-refractivity contribution in [2.24, 2.45) is 0 Å². The van der Waals surface area contributed by atoms with E-state index >= 15 is 0 Å². The molecule has 2 N–H and O–H groups in total. The van der Waals surface area contributed by atoms with Gasteiger partial charge in [0.1, 0.15) is 5.82 Å². The third-order valence-electron chi connectivity index (χ3n) is 6.36. The summed E-state index contributed by atoms with van der Waals surface area (Å²) in [5.41, 5.74) is 1.44. The summed E-state index contributed by atoms with van der Waals surface area (Å²) in [5, 5.41) is 13.1. The van der Waals surface area contributed by atoms with E-state index in [-0.39, 0.29) is 11.5 Å². The monoisotopic (exact) mass is 410 g/mol. The number of benzene rings is 1. The molecule has 1 aliphatic heterocycles. The first-order chi connectivity index (χ1) is 14.5. The highest BCUT2D eigenvalue weighted by molar-refractivity contribution is 6.05. The first kappa shape index (κ1) is 20.6. The van der Waals surface area contributed by atoms with Gasteiger partial charge in [0.2, 0.25) is 5.91 Å². The SMILES string of the molecule is CCC(=O)Nc1ccc2nc(N3CCN(C4CCCCC4)CC3)cc(C(=O)O)c2c1. The molecule has 30 heavy (non-hydrogen) atoms. The number of anilines is 2. The van der Waals surface area contributed by atoms with Gasteiger partial charge in [-0.25, -0.2) is 9.78 Å². The van der Waals surface area contributed by atoms with Crippen LogP contribution in [0.3, 0.4) is 0 Å². The Hall–Kier alpha value is -2.67.